The molecule has 1 saturated heterocycles. The van der Waals surface area contributed by atoms with E-state index in [0.717, 1.165) is 11.3 Å². The first-order valence-corrected chi connectivity index (χ1v) is 8.03. The van der Waals surface area contributed by atoms with Crippen LogP contribution in [0.3, 0.4) is 0 Å². The predicted octanol–water partition coefficient (Wildman–Crippen LogP) is 1.80. The Morgan fingerprint density at radius 1 is 1.48 bits per heavy atom. The Hall–Kier alpha value is -1.69. The number of nitrogens with one attached hydrogen (secondary N) is 1. The van der Waals surface area contributed by atoms with Gasteiger partial charge < -0.3 is 15.0 Å². The number of para-hydroxylation sites is 1. The van der Waals surface area contributed by atoms with Gasteiger partial charge in [0.2, 0.25) is 11.8 Å². The Morgan fingerprint density at radius 2 is 2.24 bits per heavy atom. The highest BCUT2D eigenvalue weighted by Gasteiger charge is 2.34. The molecule has 2 amide bonds. The van der Waals surface area contributed by atoms with Gasteiger partial charge in [-0.15, -0.1) is 11.8 Å². The monoisotopic (exact) mass is 308 g/mol. The van der Waals surface area contributed by atoms with Crippen molar-refractivity contribution in [2.75, 3.05) is 26.0 Å². The Balaban J connectivity index is 2.11. The van der Waals surface area contributed by atoms with Crippen LogP contribution in [0.5, 0.6) is 5.75 Å². The number of rotatable bonds is 6. The number of hydrogen-bond acceptors (Lipinski definition) is 4. The van der Waals surface area contributed by atoms with Gasteiger partial charge >= 0.3 is 0 Å². The Labute approximate surface area is 129 Å². The fourth-order valence-corrected chi connectivity index (χ4v) is 3.57. The van der Waals surface area contributed by atoms with Crippen LogP contribution in [0.2, 0.25) is 0 Å². The van der Waals surface area contributed by atoms with Crippen LogP contribution in [0.4, 0.5) is 0 Å². The summed E-state index contributed by atoms with van der Waals surface area (Å²) in [5.41, 5.74) is 0.978. The molecular formula is C15H20N2O3S. The fraction of sp³-hybridized carbons (Fsp3) is 0.467. The second-order valence-corrected chi connectivity index (χ2v) is 5.76. The largest absolute Gasteiger partial charge is 0.496 e. The van der Waals surface area contributed by atoms with Crippen molar-refractivity contribution in [1.29, 1.82) is 0 Å². The van der Waals surface area contributed by atoms with Crippen molar-refractivity contribution < 1.29 is 14.3 Å². The summed E-state index contributed by atoms with van der Waals surface area (Å²) >= 11 is 1.57. The lowest BCUT2D eigenvalue weighted by Crippen LogP contribution is -2.33. The summed E-state index contributed by atoms with van der Waals surface area (Å²) in [6.07, 6.45) is 0.325. The summed E-state index contributed by atoms with van der Waals surface area (Å²) in [6.45, 7) is 2.92. The van der Waals surface area contributed by atoms with E-state index in [-0.39, 0.29) is 17.2 Å². The lowest BCUT2D eigenvalue weighted by Gasteiger charge is -2.25. The highest BCUT2D eigenvalue weighted by Crippen LogP contribution is 2.42. The van der Waals surface area contributed by atoms with Gasteiger partial charge in [-0.25, -0.2) is 0 Å². The summed E-state index contributed by atoms with van der Waals surface area (Å²) in [6, 6.07) is 7.70. The third kappa shape index (κ3) is 3.69. The molecule has 1 aromatic carbocycles. The topological polar surface area (TPSA) is 58.6 Å². The molecule has 1 fully saturated rings. The molecule has 6 heteroatoms. The third-order valence-corrected chi connectivity index (χ3v) is 4.56. The van der Waals surface area contributed by atoms with Gasteiger partial charge in [0.15, 0.2) is 0 Å². The SMILES string of the molecule is CCNC(=O)CCN1C(=O)CS[C@@H]1c1ccccc1OC. The zero-order valence-corrected chi connectivity index (χ0v) is 13.1. The molecule has 114 valence electrons. The standard InChI is InChI=1S/C15H20N2O3S/c1-3-16-13(18)8-9-17-14(19)10-21-15(17)11-6-4-5-7-12(11)20-2/h4-7,15H,3,8-10H2,1-2H3,(H,16,18)/t15-/m1/s1. The van der Waals surface area contributed by atoms with Gasteiger partial charge in [0.05, 0.1) is 12.9 Å². The van der Waals surface area contributed by atoms with Crippen molar-refractivity contribution in [3.8, 4) is 5.75 Å². The van der Waals surface area contributed by atoms with Crippen LogP contribution in [0.25, 0.3) is 0 Å². The van der Waals surface area contributed by atoms with Gasteiger partial charge in [-0.1, -0.05) is 18.2 Å². The first kappa shape index (κ1) is 15.7. The minimum atomic E-state index is -0.0805. The smallest absolute Gasteiger partial charge is 0.233 e. The van der Waals surface area contributed by atoms with E-state index in [0.29, 0.717) is 25.3 Å². The molecule has 2 rings (SSSR count). The maximum atomic E-state index is 12.1. The molecule has 0 aromatic heterocycles. The molecule has 1 N–H and O–H groups in total. The Kier molecular flexibility index (Phi) is 5.50. The minimum Gasteiger partial charge on any atom is -0.496 e. The highest BCUT2D eigenvalue weighted by atomic mass is 32.2. The van der Waals surface area contributed by atoms with Gasteiger partial charge in [-0.3, -0.25) is 9.59 Å². The maximum absolute atomic E-state index is 12.1. The van der Waals surface area contributed by atoms with Gasteiger partial charge in [0, 0.05) is 25.1 Å². The summed E-state index contributed by atoms with van der Waals surface area (Å²) in [5, 5.41) is 2.67. The van der Waals surface area contributed by atoms with Gasteiger partial charge in [0.25, 0.3) is 0 Å². The van der Waals surface area contributed by atoms with Gasteiger partial charge in [-0.05, 0) is 13.0 Å². The van der Waals surface area contributed by atoms with E-state index in [1.807, 2.05) is 31.2 Å². The average Bonchev–Trinajstić information content (AvgIpc) is 2.86. The van der Waals surface area contributed by atoms with Crippen LogP contribution >= 0.6 is 11.8 Å². The molecule has 0 bridgehead atoms. The number of carbonyl (C=O) groups excluding carboxylic acids is 2. The van der Waals surface area contributed by atoms with Crippen LogP contribution in [0.15, 0.2) is 24.3 Å². The van der Waals surface area contributed by atoms with E-state index in [1.54, 1.807) is 23.8 Å². The van der Waals surface area contributed by atoms with Crippen molar-refractivity contribution >= 4 is 23.6 Å². The number of carbonyl (C=O) groups is 2. The van der Waals surface area contributed by atoms with E-state index >= 15 is 0 Å². The van der Waals surface area contributed by atoms with Crippen LogP contribution in [-0.2, 0) is 9.59 Å². The molecule has 0 spiro atoms. The van der Waals surface area contributed by atoms with Crippen molar-refractivity contribution in [3.05, 3.63) is 29.8 Å². The first-order chi connectivity index (χ1) is 10.2. The second-order valence-electron chi connectivity index (χ2n) is 4.70. The molecule has 1 aromatic rings. The number of hydrogen-bond donors (Lipinski definition) is 1. The number of amides is 2. The zero-order valence-electron chi connectivity index (χ0n) is 12.3. The number of nitrogens with zero attached hydrogens (tertiary/aromatic N) is 1. The molecule has 0 radical (unpaired) electrons. The molecule has 5 nitrogen and oxygen atoms in total. The van der Waals surface area contributed by atoms with Crippen molar-refractivity contribution in [1.82, 2.24) is 10.2 Å². The fourth-order valence-electron chi connectivity index (χ4n) is 2.33. The molecule has 0 unspecified atom stereocenters. The van der Waals surface area contributed by atoms with E-state index in [1.165, 1.54) is 0 Å². The predicted molar refractivity (Wildman–Crippen MR) is 83.2 cm³/mol. The normalized spacial score (nSPS) is 17.9. The lowest BCUT2D eigenvalue weighted by atomic mass is 10.1. The molecule has 1 heterocycles. The van der Waals surface area contributed by atoms with Gasteiger partial charge in [0.1, 0.15) is 11.1 Å². The number of methoxy groups -OCH3 is 1. The van der Waals surface area contributed by atoms with Crippen LogP contribution in [0.1, 0.15) is 24.3 Å². The summed E-state index contributed by atoms with van der Waals surface area (Å²) in [5.74, 6) is 1.26. The van der Waals surface area contributed by atoms with Crippen molar-refractivity contribution in [3.63, 3.8) is 0 Å². The van der Waals surface area contributed by atoms with Gasteiger partial charge in [-0.2, -0.15) is 0 Å². The molecular weight excluding hydrogens is 288 g/mol. The average molecular weight is 308 g/mol. The molecule has 1 aliphatic heterocycles. The van der Waals surface area contributed by atoms with E-state index in [2.05, 4.69) is 5.32 Å². The van der Waals surface area contributed by atoms with Crippen molar-refractivity contribution in [2.45, 2.75) is 18.7 Å². The first-order valence-electron chi connectivity index (χ1n) is 6.98. The lowest BCUT2D eigenvalue weighted by molar-refractivity contribution is -0.129. The highest BCUT2D eigenvalue weighted by molar-refractivity contribution is 8.00. The quantitative estimate of drug-likeness (QED) is 0.870. The van der Waals surface area contributed by atoms with E-state index in [9.17, 15) is 9.59 Å². The molecule has 0 aliphatic carbocycles. The molecule has 0 saturated carbocycles. The number of benzene rings is 1. The third-order valence-electron chi connectivity index (χ3n) is 3.33. The second kappa shape index (κ2) is 7.36. The van der Waals surface area contributed by atoms with Crippen molar-refractivity contribution in [2.24, 2.45) is 0 Å². The summed E-state index contributed by atoms with van der Waals surface area (Å²) in [4.78, 5) is 25.4. The minimum absolute atomic E-state index is 0.0269. The van der Waals surface area contributed by atoms with Crippen LogP contribution in [0, 0.1) is 0 Å². The summed E-state index contributed by atoms with van der Waals surface area (Å²) in [7, 11) is 1.62. The van der Waals surface area contributed by atoms with E-state index in [4.69, 9.17) is 4.74 Å². The number of thioether (sulfide) groups is 1. The van der Waals surface area contributed by atoms with E-state index < -0.39 is 0 Å². The summed E-state index contributed by atoms with van der Waals surface area (Å²) < 4.78 is 5.37. The molecule has 1 aliphatic rings. The zero-order chi connectivity index (χ0) is 15.2. The maximum Gasteiger partial charge on any atom is 0.233 e. The van der Waals surface area contributed by atoms with Crippen LogP contribution in [-0.4, -0.2) is 42.7 Å². The van der Waals surface area contributed by atoms with Crippen LogP contribution < -0.4 is 10.1 Å². The number of ether oxygens (including phenoxy) is 1. The molecule has 21 heavy (non-hydrogen) atoms. The molecule has 1 atom stereocenters. The Bertz CT molecular complexity index is 521. The Morgan fingerprint density at radius 3 is 2.95 bits per heavy atom.